The molecular formula is C14H27ClN2O3S. The summed E-state index contributed by atoms with van der Waals surface area (Å²) in [7, 11) is -3.25. The van der Waals surface area contributed by atoms with Crippen molar-refractivity contribution in [2.24, 2.45) is 17.6 Å². The highest BCUT2D eigenvalue weighted by Gasteiger charge is 2.40. The summed E-state index contributed by atoms with van der Waals surface area (Å²) in [5, 5.41) is 2.98. The molecule has 21 heavy (non-hydrogen) atoms. The molecule has 0 saturated heterocycles. The van der Waals surface area contributed by atoms with Gasteiger partial charge < -0.3 is 11.1 Å². The average Bonchev–Trinajstić information content (AvgIpc) is 2.29. The summed E-state index contributed by atoms with van der Waals surface area (Å²) in [6, 6.07) is 0.371. The first kappa shape index (κ1) is 18.7. The van der Waals surface area contributed by atoms with Crippen molar-refractivity contribution in [3.63, 3.8) is 0 Å². The third-order valence-corrected chi connectivity index (χ3v) is 6.30. The molecule has 124 valence electrons. The number of amides is 1. The molecule has 2 atom stereocenters. The van der Waals surface area contributed by atoms with Crippen LogP contribution >= 0.6 is 12.4 Å². The van der Waals surface area contributed by atoms with Crippen LogP contribution in [0.4, 0.5) is 0 Å². The van der Waals surface area contributed by atoms with Gasteiger partial charge in [-0.15, -0.1) is 12.4 Å². The molecule has 7 heteroatoms. The summed E-state index contributed by atoms with van der Waals surface area (Å²) in [5.41, 5.74) is 6.05. The third kappa shape index (κ3) is 5.11. The Morgan fingerprint density at radius 1 is 1.24 bits per heavy atom. The summed E-state index contributed by atoms with van der Waals surface area (Å²) in [4.78, 5) is 12.0. The Morgan fingerprint density at radius 2 is 1.81 bits per heavy atom. The molecule has 1 amide bonds. The van der Waals surface area contributed by atoms with Crippen LogP contribution in [0.1, 0.15) is 45.4 Å². The number of rotatable bonds is 5. The first-order valence-corrected chi connectivity index (χ1v) is 9.49. The maximum Gasteiger partial charge on any atom is 0.235 e. The molecule has 0 radical (unpaired) electrons. The average molecular weight is 339 g/mol. The number of halogens is 1. The predicted octanol–water partition coefficient (Wildman–Crippen LogP) is 1.26. The van der Waals surface area contributed by atoms with Gasteiger partial charge in [0.25, 0.3) is 0 Å². The molecule has 2 aliphatic rings. The van der Waals surface area contributed by atoms with E-state index in [1.165, 1.54) is 6.42 Å². The first-order valence-electron chi connectivity index (χ1n) is 7.66. The van der Waals surface area contributed by atoms with Crippen LogP contribution in [0.25, 0.3) is 0 Å². The number of nitrogens with one attached hydrogen (secondary N) is 1. The van der Waals surface area contributed by atoms with E-state index in [1.54, 1.807) is 0 Å². The predicted molar refractivity (Wildman–Crippen MR) is 86.2 cm³/mol. The summed E-state index contributed by atoms with van der Waals surface area (Å²) in [5.74, 6) is 0.229. The summed E-state index contributed by atoms with van der Waals surface area (Å²) in [6.07, 6.45) is 5.84. The minimum absolute atomic E-state index is 0. The van der Waals surface area contributed by atoms with Crippen LogP contribution in [0.2, 0.25) is 0 Å². The molecule has 5 nitrogen and oxygen atoms in total. The van der Waals surface area contributed by atoms with Gasteiger partial charge in [0.1, 0.15) is 5.75 Å². The number of nitrogens with two attached hydrogens (primary N) is 1. The summed E-state index contributed by atoms with van der Waals surface area (Å²) >= 11 is 0. The topological polar surface area (TPSA) is 89.3 Å². The van der Waals surface area contributed by atoms with E-state index >= 15 is 0 Å². The van der Waals surface area contributed by atoms with Crippen LogP contribution in [-0.4, -0.2) is 37.9 Å². The van der Waals surface area contributed by atoms with E-state index in [0.717, 1.165) is 25.7 Å². The van der Waals surface area contributed by atoms with Crippen molar-refractivity contribution in [2.45, 2.75) is 57.5 Å². The van der Waals surface area contributed by atoms with Gasteiger partial charge in [0.05, 0.1) is 5.75 Å². The lowest BCUT2D eigenvalue weighted by molar-refractivity contribution is -0.120. The molecule has 0 aliphatic heterocycles. The molecule has 0 aromatic carbocycles. The number of hydrogen-bond acceptors (Lipinski definition) is 4. The minimum atomic E-state index is -3.25. The highest BCUT2D eigenvalue weighted by molar-refractivity contribution is 7.92. The molecule has 0 spiro atoms. The second-order valence-corrected chi connectivity index (χ2v) is 8.55. The maximum absolute atomic E-state index is 12.0. The van der Waals surface area contributed by atoms with Gasteiger partial charge >= 0.3 is 0 Å². The molecular weight excluding hydrogens is 312 g/mol. The fourth-order valence-electron chi connectivity index (χ4n) is 3.84. The smallest absolute Gasteiger partial charge is 0.235 e. The second-order valence-electron chi connectivity index (χ2n) is 6.37. The lowest BCUT2D eigenvalue weighted by Gasteiger charge is -2.45. The van der Waals surface area contributed by atoms with E-state index < -0.39 is 9.84 Å². The lowest BCUT2D eigenvalue weighted by atomic mass is 9.67. The zero-order chi connectivity index (χ0) is 14.8. The number of sulfone groups is 1. The van der Waals surface area contributed by atoms with Gasteiger partial charge in [0.15, 0.2) is 9.84 Å². The number of fused-ring (bicyclic) bond motifs is 2. The Kier molecular flexibility index (Phi) is 6.94. The van der Waals surface area contributed by atoms with Crippen LogP contribution in [0.5, 0.6) is 0 Å². The van der Waals surface area contributed by atoms with Crippen LogP contribution < -0.4 is 11.1 Å². The Labute approximate surface area is 133 Å². The second kappa shape index (κ2) is 7.79. The molecule has 3 N–H and O–H groups in total. The number of carbonyl (C=O) groups excluding carboxylic acids is 1. The molecule has 2 unspecified atom stereocenters. The highest BCUT2D eigenvalue weighted by atomic mass is 35.5. The lowest BCUT2D eigenvalue weighted by Crippen LogP contribution is -2.54. The van der Waals surface area contributed by atoms with Crippen LogP contribution in [0.15, 0.2) is 0 Å². The molecule has 0 heterocycles. The van der Waals surface area contributed by atoms with Crippen molar-refractivity contribution in [2.75, 3.05) is 11.5 Å². The largest absolute Gasteiger partial charge is 0.352 e. The minimum Gasteiger partial charge on any atom is -0.352 e. The van der Waals surface area contributed by atoms with E-state index in [-0.39, 0.29) is 41.9 Å². The summed E-state index contributed by atoms with van der Waals surface area (Å²) in [6.45, 7) is 1.81. The van der Waals surface area contributed by atoms with E-state index in [4.69, 9.17) is 5.73 Å². The molecule has 2 aliphatic carbocycles. The highest BCUT2D eigenvalue weighted by Crippen LogP contribution is 2.39. The third-order valence-electron chi connectivity index (χ3n) is 4.57. The van der Waals surface area contributed by atoms with Crippen molar-refractivity contribution in [1.82, 2.24) is 5.32 Å². The zero-order valence-electron chi connectivity index (χ0n) is 12.6. The van der Waals surface area contributed by atoms with Gasteiger partial charge in [-0.25, -0.2) is 8.42 Å². The molecule has 2 fully saturated rings. The van der Waals surface area contributed by atoms with Crippen molar-refractivity contribution in [1.29, 1.82) is 0 Å². The van der Waals surface area contributed by atoms with Crippen molar-refractivity contribution in [3.8, 4) is 0 Å². The van der Waals surface area contributed by atoms with Crippen molar-refractivity contribution < 1.29 is 13.2 Å². The molecule has 2 rings (SSSR count). The Morgan fingerprint density at radius 3 is 2.33 bits per heavy atom. The van der Waals surface area contributed by atoms with Gasteiger partial charge in [-0.1, -0.05) is 13.3 Å². The van der Waals surface area contributed by atoms with E-state index in [1.807, 2.05) is 6.92 Å². The Balaban J connectivity index is 0.00000220. The first-order chi connectivity index (χ1) is 9.41. The van der Waals surface area contributed by atoms with Crippen LogP contribution in [0, 0.1) is 11.8 Å². The van der Waals surface area contributed by atoms with Gasteiger partial charge in [0.2, 0.25) is 5.91 Å². The van der Waals surface area contributed by atoms with E-state index in [2.05, 4.69) is 5.32 Å². The fraction of sp³-hybridized carbons (Fsp3) is 0.929. The van der Waals surface area contributed by atoms with Crippen molar-refractivity contribution >= 4 is 28.2 Å². The van der Waals surface area contributed by atoms with Gasteiger partial charge in [-0.05, 0) is 43.9 Å². The maximum atomic E-state index is 12.0. The monoisotopic (exact) mass is 338 g/mol. The Hall–Kier alpha value is -0.330. The molecule has 2 bridgehead atoms. The quantitative estimate of drug-likeness (QED) is 0.789. The fourth-order valence-corrected chi connectivity index (χ4v) is 5.08. The zero-order valence-corrected chi connectivity index (χ0v) is 14.2. The van der Waals surface area contributed by atoms with Crippen LogP contribution in [-0.2, 0) is 14.6 Å². The number of carbonyl (C=O) groups is 1. The van der Waals surface area contributed by atoms with Crippen LogP contribution in [0.3, 0.4) is 0 Å². The molecule has 2 saturated carbocycles. The summed E-state index contributed by atoms with van der Waals surface area (Å²) < 4.78 is 23.4. The molecule has 0 aromatic rings. The molecule has 0 aromatic heterocycles. The van der Waals surface area contributed by atoms with Gasteiger partial charge in [-0.3, -0.25) is 4.79 Å². The normalized spacial score (nSPS) is 32.1. The van der Waals surface area contributed by atoms with E-state index in [9.17, 15) is 13.2 Å². The number of hydrogen-bond donors (Lipinski definition) is 2. The van der Waals surface area contributed by atoms with E-state index in [0.29, 0.717) is 18.3 Å². The standard InChI is InChI=1S/C14H26N2O3S.ClH/c1-2-6-20(18,19)9-13(17)16-14-10-4-3-5-11(14)8-12(15)7-10;/h10-12,14H,2-9,15H2,1H3,(H,16,17);1H. The van der Waals surface area contributed by atoms with Gasteiger partial charge in [0, 0.05) is 12.1 Å². The Bertz CT molecular complexity index is 441. The van der Waals surface area contributed by atoms with Crippen molar-refractivity contribution in [3.05, 3.63) is 0 Å². The van der Waals surface area contributed by atoms with Gasteiger partial charge in [-0.2, -0.15) is 0 Å². The SMILES string of the molecule is CCCS(=O)(=O)CC(=O)NC1C2CCCC1CC(N)C2.Cl.